The predicted molar refractivity (Wildman–Crippen MR) is 93.1 cm³/mol. The number of aryl methyl sites for hydroxylation is 1. The Hall–Kier alpha value is -1.96. The first-order chi connectivity index (χ1) is 11.7. The molecule has 1 aromatic carbocycles. The third-order valence-corrected chi connectivity index (χ3v) is 4.75. The van der Waals surface area contributed by atoms with Crippen LogP contribution in [0.5, 0.6) is 0 Å². The number of hydrogen-bond donors (Lipinski definition) is 0. The first-order valence-electron chi connectivity index (χ1n) is 8.14. The highest BCUT2D eigenvalue weighted by Crippen LogP contribution is 2.18. The number of oxazole rings is 1. The molecular formula is C17H20N4O2S. The van der Waals surface area contributed by atoms with Gasteiger partial charge in [0.25, 0.3) is 4.84 Å². The van der Waals surface area contributed by atoms with E-state index in [-0.39, 0.29) is 0 Å². The van der Waals surface area contributed by atoms with Crippen LogP contribution in [0.15, 0.2) is 39.3 Å². The Kier molecular flexibility index (Phi) is 4.22. The van der Waals surface area contributed by atoms with Crippen LogP contribution in [0.4, 0.5) is 0 Å². The van der Waals surface area contributed by atoms with Gasteiger partial charge in [-0.25, -0.2) is 0 Å². The Labute approximate surface area is 145 Å². The van der Waals surface area contributed by atoms with Crippen molar-refractivity contribution in [2.45, 2.75) is 20.1 Å². The van der Waals surface area contributed by atoms with E-state index in [0.717, 1.165) is 61.9 Å². The van der Waals surface area contributed by atoms with Crippen LogP contribution in [-0.4, -0.2) is 45.7 Å². The monoisotopic (exact) mass is 344 g/mol. The van der Waals surface area contributed by atoms with E-state index < -0.39 is 0 Å². The Morgan fingerprint density at radius 3 is 2.62 bits per heavy atom. The summed E-state index contributed by atoms with van der Waals surface area (Å²) in [5, 5.41) is 4.07. The molecule has 1 saturated heterocycles. The minimum atomic E-state index is 0.539. The molecule has 1 aliphatic heterocycles. The summed E-state index contributed by atoms with van der Waals surface area (Å²) < 4.78 is 12.9. The van der Waals surface area contributed by atoms with Gasteiger partial charge >= 0.3 is 0 Å². The Morgan fingerprint density at radius 1 is 1.12 bits per heavy atom. The lowest BCUT2D eigenvalue weighted by Gasteiger charge is -2.34. The fourth-order valence-corrected chi connectivity index (χ4v) is 3.40. The molecule has 0 radical (unpaired) electrons. The molecule has 7 heteroatoms. The maximum Gasteiger partial charge on any atom is 0.270 e. The van der Waals surface area contributed by atoms with Gasteiger partial charge in [-0.2, -0.15) is 0 Å². The summed E-state index contributed by atoms with van der Waals surface area (Å²) in [6.07, 6.45) is 0. The Balaban J connectivity index is 1.39. The van der Waals surface area contributed by atoms with Crippen LogP contribution >= 0.6 is 12.2 Å². The molecule has 4 rings (SSSR count). The number of para-hydroxylation sites is 2. The molecule has 0 bridgehead atoms. The van der Waals surface area contributed by atoms with E-state index in [1.165, 1.54) is 0 Å². The number of piperazine rings is 1. The zero-order valence-electron chi connectivity index (χ0n) is 13.6. The molecule has 0 N–H and O–H groups in total. The molecule has 126 valence electrons. The molecule has 24 heavy (non-hydrogen) atoms. The number of hydrogen-bond acceptors (Lipinski definition) is 6. The van der Waals surface area contributed by atoms with Gasteiger partial charge in [0.05, 0.1) is 17.9 Å². The highest BCUT2D eigenvalue weighted by molar-refractivity contribution is 7.71. The number of benzene rings is 1. The first-order valence-corrected chi connectivity index (χ1v) is 8.55. The first kappa shape index (κ1) is 15.6. The van der Waals surface area contributed by atoms with Crippen molar-refractivity contribution in [2.75, 3.05) is 26.2 Å². The standard InChI is InChI=1S/C17H20N4O2S/c1-13-10-14(18-23-13)11-19-6-8-20(9-7-19)12-21-15-4-2-3-5-16(15)22-17(21)24/h2-5,10H,6-9,11-12H2,1H3. The van der Waals surface area contributed by atoms with Crippen molar-refractivity contribution >= 4 is 23.3 Å². The van der Waals surface area contributed by atoms with Crippen LogP contribution in [0.3, 0.4) is 0 Å². The molecular weight excluding hydrogens is 324 g/mol. The lowest BCUT2D eigenvalue weighted by atomic mass is 10.3. The van der Waals surface area contributed by atoms with Gasteiger partial charge in [-0.3, -0.25) is 14.4 Å². The molecule has 3 aromatic rings. The van der Waals surface area contributed by atoms with E-state index in [4.69, 9.17) is 21.2 Å². The molecule has 0 unspecified atom stereocenters. The largest absolute Gasteiger partial charge is 0.429 e. The molecule has 6 nitrogen and oxygen atoms in total. The third kappa shape index (κ3) is 3.15. The summed E-state index contributed by atoms with van der Waals surface area (Å²) in [5.41, 5.74) is 2.91. The van der Waals surface area contributed by atoms with Crippen LogP contribution < -0.4 is 0 Å². The number of nitrogens with zero attached hydrogens (tertiary/aromatic N) is 4. The van der Waals surface area contributed by atoms with Gasteiger partial charge in [0, 0.05) is 38.8 Å². The van der Waals surface area contributed by atoms with Gasteiger partial charge in [0.15, 0.2) is 5.58 Å². The van der Waals surface area contributed by atoms with Crippen molar-refractivity contribution in [1.82, 2.24) is 19.5 Å². The second kappa shape index (κ2) is 6.51. The molecule has 0 amide bonds. The number of rotatable bonds is 4. The van der Waals surface area contributed by atoms with E-state index in [0.29, 0.717) is 4.84 Å². The zero-order valence-corrected chi connectivity index (χ0v) is 14.5. The predicted octanol–water partition coefficient (Wildman–Crippen LogP) is 3.04. The summed E-state index contributed by atoms with van der Waals surface area (Å²) in [4.78, 5) is 5.35. The minimum absolute atomic E-state index is 0.539. The average molecular weight is 344 g/mol. The van der Waals surface area contributed by atoms with Crippen molar-refractivity contribution in [3.8, 4) is 0 Å². The third-order valence-electron chi connectivity index (χ3n) is 4.44. The summed E-state index contributed by atoms with van der Waals surface area (Å²) in [7, 11) is 0. The number of aromatic nitrogens is 2. The smallest absolute Gasteiger partial charge is 0.270 e. The van der Waals surface area contributed by atoms with Crippen LogP contribution in [-0.2, 0) is 13.2 Å². The van der Waals surface area contributed by atoms with Crippen LogP contribution in [0, 0.1) is 11.8 Å². The van der Waals surface area contributed by atoms with Crippen LogP contribution in [0.2, 0.25) is 0 Å². The summed E-state index contributed by atoms with van der Waals surface area (Å²) in [6.45, 7) is 7.56. The second-order valence-corrected chi connectivity index (χ2v) is 6.58. The molecule has 0 saturated carbocycles. The van der Waals surface area contributed by atoms with E-state index in [1.54, 1.807) is 0 Å². The average Bonchev–Trinajstić information content (AvgIpc) is 3.13. The summed E-state index contributed by atoms with van der Waals surface area (Å²) in [5.74, 6) is 0.866. The zero-order chi connectivity index (χ0) is 16.5. The highest BCUT2D eigenvalue weighted by atomic mass is 32.1. The van der Waals surface area contributed by atoms with Gasteiger partial charge in [-0.05, 0) is 31.3 Å². The number of fused-ring (bicyclic) bond motifs is 1. The lowest BCUT2D eigenvalue weighted by Crippen LogP contribution is -2.46. The Bertz CT molecular complexity index is 889. The van der Waals surface area contributed by atoms with Gasteiger partial charge in [0.1, 0.15) is 5.76 Å². The van der Waals surface area contributed by atoms with Crippen molar-refractivity contribution < 1.29 is 8.94 Å². The van der Waals surface area contributed by atoms with Crippen LogP contribution in [0.25, 0.3) is 11.1 Å². The van der Waals surface area contributed by atoms with E-state index in [9.17, 15) is 0 Å². The van der Waals surface area contributed by atoms with Crippen molar-refractivity contribution in [3.63, 3.8) is 0 Å². The molecule has 1 aliphatic rings. The molecule has 3 heterocycles. The van der Waals surface area contributed by atoms with E-state index >= 15 is 0 Å². The fraction of sp³-hybridized carbons (Fsp3) is 0.412. The van der Waals surface area contributed by atoms with E-state index in [2.05, 4.69) is 25.6 Å². The molecule has 1 fully saturated rings. The second-order valence-electron chi connectivity index (χ2n) is 6.23. The fourth-order valence-electron chi connectivity index (χ4n) is 3.16. The molecule has 0 spiro atoms. The summed E-state index contributed by atoms with van der Waals surface area (Å²) >= 11 is 5.37. The molecule has 0 atom stereocenters. The quantitative estimate of drug-likeness (QED) is 0.678. The van der Waals surface area contributed by atoms with Gasteiger partial charge in [-0.15, -0.1) is 0 Å². The van der Waals surface area contributed by atoms with Crippen molar-refractivity contribution in [1.29, 1.82) is 0 Å². The SMILES string of the molecule is Cc1cc(CN2CCN(Cn3c(=S)oc4ccccc43)CC2)no1. The van der Waals surface area contributed by atoms with E-state index in [1.807, 2.05) is 31.2 Å². The minimum Gasteiger partial charge on any atom is -0.429 e. The van der Waals surface area contributed by atoms with Gasteiger partial charge in [0.2, 0.25) is 0 Å². The molecule has 0 aliphatic carbocycles. The lowest BCUT2D eigenvalue weighted by molar-refractivity contribution is 0.101. The summed E-state index contributed by atoms with van der Waals surface area (Å²) in [6, 6.07) is 10.00. The molecule has 2 aromatic heterocycles. The topological polar surface area (TPSA) is 50.6 Å². The maximum atomic E-state index is 5.67. The highest BCUT2D eigenvalue weighted by Gasteiger charge is 2.19. The Morgan fingerprint density at radius 2 is 1.88 bits per heavy atom. The van der Waals surface area contributed by atoms with Crippen LogP contribution in [0.1, 0.15) is 11.5 Å². The maximum absolute atomic E-state index is 5.67. The normalized spacial score (nSPS) is 16.9. The van der Waals surface area contributed by atoms with Gasteiger partial charge in [-0.1, -0.05) is 17.3 Å². The van der Waals surface area contributed by atoms with Crippen molar-refractivity contribution in [3.05, 3.63) is 46.6 Å². The van der Waals surface area contributed by atoms with Gasteiger partial charge < -0.3 is 8.94 Å². The van der Waals surface area contributed by atoms with Crippen molar-refractivity contribution in [2.24, 2.45) is 0 Å².